The molecule has 0 bridgehead atoms. The quantitative estimate of drug-likeness (QED) is 0.553. The van der Waals surface area contributed by atoms with Gasteiger partial charge in [0.1, 0.15) is 5.82 Å². The van der Waals surface area contributed by atoms with Gasteiger partial charge in [-0.1, -0.05) is 43.4 Å². The van der Waals surface area contributed by atoms with Crippen LogP contribution < -0.4 is 4.90 Å². The summed E-state index contributed by atoms with van der Waals surface area (Å²) in [4.78, 5) is 21.9. The third-order valence-electron chi connectivity index (χ3n) is 4.87. The maximum atomic E-state index is 13.2. The van der Waals surface area contributed by atoms with Crippen molar-refractivity contribution in [3.63, 3.8) is 0 Å². The lowest BCUT2D eigenvalue weighted by molar-refractivity contribution is -0.118. The molecule has 1 heterocycles. The monoisotopic (exact) mass is 399 g/mol. The van der Waals surface area contributed by atoms with Gasteiger partial charge in [0.05, 0.1) is 16.6 Å². The zero-order valence-electron chi connectivity index (χ0n) is 16.6. The third kappa shape index (κ3) is 4.94. The largest absolute Gasteiger partial charge is 0.302 e. The summed E-state index contributed by atoms with van der Waals surface area (Å²) in [6.07, 6.45) is 0.230. The number of nitrogens with zero attached hydrogens (tertiary/aromatic N) is 3. The second-order valence-electron chi connectivity index (χ2n) is 6.84. The van der Waals surface area contributed by atoms with Crippen LogP contribution in [0, 0.1) is 12.7 Å². The zero-order chi connectivity index (χ0) is 20.1. The highest BCUT2D eigenvalue weighted by Crippen LogP contribution is 2.30. The van der Waals surface area contributed by atoms with Crippen molar-refractivity contribution in [3.05, 3.63) is 59.4 Å². The second kappa shape index (κ2) is 9.26. The first-order valence-corrected chi connectivity index (χ1v) is 10.5. The number of hydrogen-bond acceptors (Lipinski definition) is 4. The predicted octanol–water partition coefficient (Wildman–Crippen LogP) is 4.66. The lowest BCUT2D eigenvalue weighted by Crippen LogP contribution is -2.39. The summed E-state index contributed by atoms with van der Waals surface area (Å²) in [7, 11) is 0. The zero-order valence-corrected chi connectivity index (χ0v) is 17.4. The van der Waals surface area contributed by atoms with E-state index in [4.69, 9.17) is 4.98 Å². The minimum absolute atomic E-state index is 0.0189. The van der Waals surface area contributed by atoms with E-state index in [-0.39, 0.29) is 18.1 Å². The van der Waals surface area contributed by atoms with Gasteiger partial charge in [-0.2, -0.15) is 0 Å². The Morgan fingerprint density at radius 2 is 1.79 bits per heavy atom. The molecule has 1 amide bonds. The van der Waals surface area contributed by atoms with E-state index in [1.807, 2.05) is 12.1 Å². The standard InChI is InChI=1S/C22H26FN3OS/c1-4-25(5-2)12-13-26(21(27)15-17-7-9-18(23)10-8-17)22-24-19-11-6-16(3)14-20(19)28-22/h6-11,14H,4-5,12-13,15H2,1-3H3. The van der Waals surface area contributed by atoms with Crippen molar-refractivity contribution in [2.45, 2.75) is 27.2 Å². The van der Waals surface area contributed by atoms with E-state index < -0.39 is 0 Å². The van der Waals surface area contributed by atoms with Gasteiger partial charge in [-0.15, -0.1) is 0 Å². The van der Waals surface area contributed by atoms with E-state index >= 15 is 0 Å². The Morgan fingerprint density at radius 3 is 2.46 bits per heavy atom. The molecule has 0 saturated heterocycles. The summed E-state index contributed by atoms with van der Waals surface area (Å²) in [6, 6.07) is 12.2. The normalized spacial score (nSPS) is 11.3. The fraction of sp³-hybridized carbons (Fsp3) is 0.364. The van der Waals surface area contributed by atoms with Crippen LogP contribution in [0.1, 0.15) is 25.0 Å². The number of carbonyl (C=O) groups is 1. The fourth-order valence-electron chi connectivity index (χ4n) is 3.12. The number of rotatable bonds is 8. The van der Waals surface area contributed by atoms with Crippen LogP contribution in [-0.2, 0) is 11.2 Å². The highest BCUT2D eigenvalue weighted by molar-refractivity contribution is 7.22. The van der Waals surface area contributed by atoms with Crippen LogP contribution in [0.5, 0.6) is 0 Å². The molecule has 3 rings (SSSR count). The molecule has 28 heavy (non-hydrogen) atoms. The SMILES string of the molecule is CCN(CC)CCN(C(=O)Cc1ccc(F)cc1)c1nc2ccc(C)cc2s1. The number of aryl methyl sites for hydroxylation is 1. The number of likely N-dealkylation sites (N-methyl/N-ethyl adjacent to an activating group) is 1. The van der Waals surface area contributed by atoms with Gasteiger partial charge in [0.25, 0.3) is 0 Å². The summed E-state index contributed by atoms with van der Waals surface area (Å²) in [5, 5.41) is 0.722. The molecular formula is C22H26FN3OS. The molecule has 0 aliphatic heterocycles. The highest BCUT2D eigenvalue weighted by atomic mass is 32.1. The van der Waals surface area contributed by atoms with Gasteiger partial charge >= 0.3 is 0 Å². The summed E-state index contributed by atoms with van der Waals surface area (Å²) in [6.45, 7) is 9.54. The molecule has 4 nitrogen and oxygen atoms in total. The van der Waals surface area contributed by atoms with E-state index in [0.717, 1.165) is 40.5 Å². The molecule has 0 unspecified atom stereocenters. The third-order valence-corrected chi connectivity index (χ3v) is 5.91. The molecule has 0 saturated carbocycles. The van der Waals surface area contributed by atoms with E-state index in [9.17, 15) is 9.18 Å². The summed E-state index contributed by atoms with van der Waals surface area (Å²) >= 11 is 1.54. The molecule has 0 fully saturated rings. The van der Waals surface area contributed by atoms with Gasteiger partial charge in [0, 0.05) is 13.1 Å². The van der Waals surface area contributed by atoms with Gasteiger partial charge in [-0.05, 0) is 55.4 Å². The second-order valence-corrected chi connectivity index (χ2v) is 7.85. The minimum atomic E-state index is -0.295. The van der Waals surface area contributed by atoms with E-state index in [2.05, 4.69) is 31.7 Å². The van der Waals surface area contributed by atoms with Gasteiger partial charge < -0.3 is 4.90 Å². The van der Waals surface area contributed by atoms with Crippen LogP contribution in [0.15, 0.2) is 42.5 Å². The Bertz CT molecular complexity index is 935. The average molecular weight is 400 g/mol. The first-order chi connectivity index (χ1) is 13.5. The number of carbonyl (C=O) groups excluding carboxylic acids is 1. The molecule has 0 aliphatic rings. The summed E-state index contributed by atoms with van der Waals surface area (Å²) < 4.78 is 14.3. The predicted molar refractivity (Wildman–Crippen MR) is 115 cm³/mol. The van der Waals surface area contributed by atoms with E-state index in [1.165, 1.54) is 17.7 Å². The number of aromatic nitrogens is 1. The number of benzene rings is 2. The van der Waals surface area contributed by atoms with Crippen molar-refractivity contribution in [1.82, 2.24) is 9.88 Å². The molecule has 6 heteroatoms. The van der Waals surface area contributed by atoms with E-state index in [0.29, 0.717) is 6.54 Å². The maximum Gasteiger partial charge on any atom is 0.233 e. The molecule has 1 aromatic heterocycles. The number of halogens is 1. The average Bonchev–Trinajstić information content (AvgIpc) is 3.09. The number of amides is 1. The Balaban J connectivity index is 1.86. The first-order valence-electron chi connectivity index (χ1n) is 9.64. The van der Waals surface area contributed by atoms with Crippen LogP contribution >= 0.6 is 11.3 Å². The first kappa shape index (κ1) is 20.4. The summed E-state index contributed by atoms with van der Waals surface area (Å²) in [5.41, 5.74) is 2.89. The number of hydrogen-bond donors (Lipinski definition) is 0. The van der Waals surface area contributed by atoms with Crippen molar-refractivity contribution in [3.8, 4) is 0 Å². The Kier molecular flexibility index (Phi) is 6.75. The van der Waals surface area contributed by atoms with Crippen molar-refractivity contribution in [2.24, 2.45) is 0 Å². The molecule has 0 spiro atoms. The Labute approximate surface area is 169 Å². The fourth-order valence-corrected chi connectivity index (χ4v) is 4.22. The Hall–Kier alpha value is -2.31. The van der Waals surface area contributed by atoms with E-state index in [1.54, 1.807) is 28.4 Å². The number of thiazole rings is 1. The highest BCUT2D eigenvalue weighted by Gasteiger charge is 2.21. The van der Waals surface area contributed by atoms with Crippen molar-refractivity contribution in [1.29, 1.82) is 0 Å². The molecule has 0 N–H and O–H groups in total. The molecular weight excluding hydrogens is 373 g/mol. The topological polar surface area (TPSA) is 36.4 Å². The molecule has 0 radical (unpaired) electrons. The van der Waals surface area contributed by atoms with Gasteiger partial charge in [0.2, 0.25) is 5.91 Å². The number of fused-ring (bicyclic) bond motifs is 1. The van der Waals surface area contributed by atoms with Crippen molar-refractivity contribution >= 4 is 32.6 Å². The smallest absolute Gasteiger partial charge is 0.233 e. The minimum Gasteiger partial charge on any atom is -0.302 e. The van der Waals surface area contributed by atoms with Crippen LogP contribution in [0.3, 0.4) is 0 Å². The van der Waals surface area contributed by atoms with Gasteiger partial charge in [-0.25, -0.2) is 9.37 Å². The van der Waals surface area contributed by atoms with Gasteiger partial charge in [-0.3, -0.25) is 9.69 Å². The molecule has 2 aromatic carbocycles. The summed E-state index contributed by atoms with van der Waals surface area (Å²) in [5.74, 6) is -0.314. The lowest BCUT2D eigenvalue weighted by atomic mass is 10.1. The van der Waals surface area contributed by atoms with Crippen LogP contribution in [-0.4, -0.2) is 42.0 Å². The van der Waals surface area contributed by atoms with Crippen LogP contribution in [0.4, 0.5) is 9.52 Å². The van der Waals surface area contributed by atoms with Crippen molar-refractivity contribution in [2.75, 3.05) is 31.1 Å². The molecule has 0 atom stereocenters. The van der Waals surface area contributed by atoms with Crippen molar-refractivity contribution < 1.29 is 9.18 Å². The maximum absolute atomic E-state index is 13.2. The lowest BCUT2D eigenvalue weighted by Gasteiger charge is -2.24. The van der Waals surface area contributed by atoms with Crippen LogP contribution in [0.2, 0.25) is 0 Å². The molecule has 148 valence electrons. The molecule has 3 aromatic rings. The van der Waals surface area contributed by atoms with Gasteiger partial charge in [0.15, 0.2) is 5.13 Å². The Morgan fingerprint density at radius 1 is 1.07 bits per heavy atom. The van der Waals surface area contributed by atoms with Crippen LogP contribution in [0.25, 0.3) is 10.2 Å². The number of anilines is 1. The molecule has 0 aliphatic carbocycles.